The predicted octanol–water partition coefficient (Wildman–Crippen LogP) is 8.62. The number of halogens is 3. The van der Waals surface area contributed by atoms with Crippen LogP contribution in [-0.2, 0) is 0 Å². The molecule has 2 aliphatic rings. The van der Waals surface area contributed by atoms with Crippen molar-refractivity contribution in [2.75, 3.05) is 0 Å². The topological polar surface area (TPSA) is 9.23 Å². The van der Waals surface area contributed by atoms with Crippen LogP contribution in [0.2, 0.25) is 0 Å². The van der Waals surface area contributed by atoms with Crippen molar-refractivity contribution in [3.05, 3.63) is 42.0 Å². The third kappa shape index (κ3) is 5.31. The lowest BCUT2D eigenvalue weighted by molar-refractivity contribution is -0.274. The lowest BCUT2D eigenvalue weighted by Gasteiger charge is -2.42. The summed E-state index contributed by atoms with van der Waals surface area (Å²) in [6.07, 6.45) is 8.90. The van der Waals surface area contributed by atoms with E-state index in [4.69, 9.17) is 0 Å². The molecule has 0 N–H and O–H groups in total. The molecule has 2 aromatic carbocycles. The van der Waals surface area contributed by atoms with E-state index in [0.29, 0.717) is 5.92 Å². The van der Waals surface area contributed by atoms with E-state index in [1.165, 1.54) is 81.9 Å². The van der Waals surface area contributed by atoms with Gasteiger partial charge in [-0.1, -0.05) is 63.3 Å². The van der Waals surface area contributed by atoms with Gasteiger partial charge in [-0.15, -0.1) is 13.2 Å². The number of ether oxygens (including phenoxy) is 1. The van der Waals surface area contributed by atoms with Crippen molar-refractivity contribution in [2.24, 2.45) is 17.8 Å². The fourth-order valence-corrected chi connectivity index (χ4v) is 5.93. The van der Waals surface area contributed by atoms with Gasteiger partial charge in [0.25, 0.3) is 0 Å². The summed E-state index contributed by atoms with van der Waals surface area (Å²) in [4.78, 5) is 0. The van der Waals surface area contributed by atoms with E-state index in [1.54, 1.807) is 6.07 Å². The van der Waals surface area contributed by atoms with E-state index in [9.17, 15) is 13.2 Å². The number of benzene rings is 2. The van der Waals surface area contributed by atoms with Crippen molar-refractivity contribution in [1.82, 2.24) is 0 Å². The number of hydrogen-bond acceptors (Lipinski definition) is 1. The molecule has 2 aliphatic carbocycles. The molecule has 4 atom stereocenters. The van der Waals surface area contributed by atoms with Crippen LogP contribution < -0.4 is 4.74 Å². The van der Waals surface area contributed by atoms with Crippen molar-refractivity contribution >= 4 is 10.8 Å². The van der Waals surface area contributed by atoms with Crippen molar-refractivity contribution in [3.63, 3.8) is 0 Å². The first-order chi connectivity index (χ1) is 14.4. The quantitative estimate of drug-likeness (QED) is 0.427. The number of unbranched alkanes of at least 4 members (excludes halogenated alkanes) is 2. The largest absolute Gasteiger partial charge is 0.573 e. The first-order valence-electron chi connectivity index (χ1n) is 11.7. The minimum atomic E-state index is -4.65. The second kappa shape index (κ2) is 9.20. The Bertz CT molecular complexity index is 844. The molecule has 0 aliphatic heterocycles. The minimum Gasteiger partial charge on any atom is -0.406 e. The van der Waals surface area contributed by atoms with E-state index in [-0.39, 0.29) is 5.75 Å². The lowest BCUT2D eigenvalue weighted by Crippen LogP contribution is -2.30. The molecule has 4 heteroatoms. The zero-order valence-electron chi connectivity index (χ0n) is 17.9. The number of hydrogen-bond donors (Lipinski definition) is 0. The highest BCUT2D eigenvalue weighted by molar-refractivity contribution is 5.84. The third-order valence-electron chi connectivity index (χ3n) is 7.48. The minimum absolute atomic E-state index is 0.154. The summed E-state index contributed by atoms with van der Waals surface area (Å²) in [6, 6.07) is 10.9. The van der Waals surface area contributed by atoms with Crippen molar-refractivity contribution in [2.45, 2.75) is 83.4 Å². The van der Waals surface area contributed by atoms with Crippen molar-refractivity contribution in [1.29, 1.82) is 0 Å². The average molecular weight is 419 g/mol. The molecule has 0 saturated heterocycles. The van der Waals surface area contributed by atoms with Crippen LogP contribution in [-0.4, -0.2) is 6.36 Å². The van der Waals surface area contributed by atoms with Gasteiger partial charge in [-0.25, -0.2) is 0 Å². The predicted molar refractivity (Wildman–Crippen MR) is 116 cm³/mol. The Balaban J connectivity index is 1.39. The van der Waals surface area contributed by atoms with E-state index in [1.807, 2.05) is 6.07 Å². The fourth-order valence-electron chi connectivity index (χ4n) is 5.93. The second-order valence-electron chi connectivity index (χ2n) is 9.52. The van der Waals surface area contributed by atoms with Gasteiger partial charge in [-0.3, -0.25) is 0 Å². The van der Waals surface area contributed by atoms with E-state index >= 15 is 0 Å². The summed E-state index contributed by atoms with van der Waals surface area (Å²) >= 11 is 0. The highest BCUT2D eigenvalue weighted by Crippen LogP contribution is 2.48. The van der Waals surface area contributed by atoms with Gasteiger partial charge >= 0.3 is 6.36 Å². The molecule has 0 bridgehead atoms. The smallest absolute Gasteiger partial charge is 0.406 e. The monoisotopic (exact) mass is 418 g/mol. The molecule has 164 valence electrons. The zero-order chi connectivity index (χ0) is 21.1. The van der Waals surface area contributed by atoms with Crippen LogP contribution in [0, 0.1) is 17.8 Å². The fraction of sp³-hybridized carbons (Fsp3) is 0.615. The molecule has 0 heterocycles. The molecule has 0 spiro atoms. The molecule has 0 radical (unpaired) electrons. The third-order valence-corrected chi connectivity index (χ3v) is 7.48. The van der Waals surface area contributed by atoms with E-state index in [2.05, 4.69) is 23.8 Å². The van der Waals surface area contributed by atoms with Crippen LogP contribution in [0.25, 0.3) is 10.8 Å². The Kier molecular flexibility index (Phi) is 6.60. The van der Waals surface area contributed by atoms with Crippen molar-refractivity contribution in [3.8, 4) is 5.75 Å². The molecule has 4 unspecified atom stereocenters. The van der Waals surface area contributed by atoms with Gasteiger partial charge < -0.3 is 4.74 Å². The molecule has 0 amide bonds. The molecule has 2 fully saturated rings. The van der Waals surface area contributed by atoms with Crippen LogP contribution in [0.15, 0.2) is 36.4 Å². The molecule has 2 saturated carbocycles. The molecule has 0 aromatic heterocycles. The lowest BCUT2D eigenvalue weighted by atomic mass is 9.63. The average Bonchev–Trinajstić information content (AvgIpc) is 2.72. The van der Waals surface area contributed by atoms with Crippen molar-refractivity contribution < 1.29 is 17.9 Å². The van der Waals surface area contributed by atoms with Gasteiger partial charge in [0.1, 0.15) is 5.75 Å². The van der Waals surface area contributed by atoms with E-state index < -0.39 is 6.36 Å². The highest BCUT2D eigenvalue weighted by Gasteiger charge is 2.36. The summed E-state index contributed by atoms with van der Waals surface area (Å²) in [5, 5.41) is 1.78. The standard InChI is InChI=1S/C26H33F3O/c1-2-3-4-5-18-6-7-20-15-21(9-8-19(20)14-18)22-10-11-24-17-25(30-26(27,28)29)13-12-23(24)16-22/h10-13,16-21H,2-9,14-15H2,1H3. The molecule has 1 nitrogen and oxygen atoms in total. The number of rotatable bonds is 6. The zero-order valence-corrected chi connectivity index (χ0v) is 17.9. The van der Waals surface area contributed by atoms with Crippen LogP contribution in [0.5, 0.6) is 5.75 Å². The van der Waals surface area contributed by atoms with Gasteiger partial charge in [-0.05, 0) is 84.2 Å². The molecule has 30 heavy (non-hydrogen) atoms. The normalized spacial score (nSPS) is 27.1. The van der Waals surface area contributed by atoms with Gasteiger partial charge in [-0.2, -0.15) is 0 Å². The van der Waals surface area contributed by atoms with Gasteiger partial charge in [0.05, 0.1) is 0 Å². The van der Waals surface area contributed by atoms with E-state index in [0.717, 1.165) is 28.5 Å². The Morgan fingerprint density at radius 2 is 1.60 bits per heavy atom. The highest BCUT2D eigenvalue weighted by atomic mass is 19.4. The van der Waals surface area contributed by atoms with Gasteiger partial charge in [0.15, 0.2) is 0 Å². The summed E-state index contributed by atoms with van der Waals surface area (Å²) in [5.41, 5.74) is 1.34. The van der Waals surface area contributed by atoms with Crippen LogP contribution in [0.4, 0.5) is 13.2 Å². The van der Waals surface area contributed by atoms with Gasteiger partial charge in [0.2, 0.25) is 0 Å². The number of fused-ring (bicyclic) bond motifs is 2. The Morgan fingerprint density at radius 3 is 2.40 bits per heavy atom. The van der Waals surface area contributed by atoms with Crippen LogP contribution in [0.1, 0.15) is 82.6 Å². The first-order valence-corrected chi connectivity index (χ1v) is 11.7. The van der Waals surface area contributed by atoms with Gasteiger partial charge in [0, 0.05) is 0 Å². The van der Waals surface area contributed by atoms with Crippen LogP contribution in [0.3, 0.4) is 0 Å². The summed E-state index contributed by atoms with van der Waals surface area (Å²) in [6.45, 7) is 2.28. The molecule has 2 aromatic rings. The molecule has 4 rings (SSSR count). The summed E-state index contributed by atoms with van der Waals surface area (Å²) in [7, 11) is 0. The maximum absolute atomic E-state index is 12.5. The first kappa shape index (κ1) is 21.5. The number of alkyl halides is 3. The molecular weight excluding hydrogens is 385 g/mol. The Morgan fingerprint density at radius 1 is 0.867 bits per heavy atom. The Labute approximate surface area is 178 Å². The maximum Gasteiger partial charge on any atom is 0.573 e. The second-order valence-corrected chi connectivity index (χ2v) is 9.52. The Hall–Kier alpha value is -1.71. The SMILES string of the molecule is CCCCCC1CCC2CC(c3ccc4cc(OC(F)(F)F)ccc4c3)CCC2C1. The molecular formula is C26H33F3O. The maximum atomic E-state index is 12.5. The van der Waals surface area contributed by atoms with Crippen LogP contribution >= 0.6 is 0 Å². The summed E-state index contributed by atoms with van der Waals surface area (Å²) in [5.74, 6) is 3.13. The summed E-state index contributed by atoms with van der Waals surface area (Å²) < 4.78 is 41.4.